The van der Waals surface area contributed by atoms with Crippen molar-refractivity contribution in [3.63, 3.8) is 0 Å². The molecule has 7 nitrogen and oxygen atoms in total. The lowest BCUT2D eigenvalue weighted by atomic mass is 9.94. The molecule has 1 aromatic rings. The molecule has 0 radical (unpaired) electrons. The summed E-state index contributed by atoms with van der Waals surface area (Å²) >= 11 is 0. The molecule has 0 unspecified atom stereocenters. The topological polar surface area (TPSA) is 167 Å². The molecule has 1 atom stereocenters. The molecule has 0 spiro atoms. The van der Waals surface area contributed by atoms with Crippen molar-refractivity contribution in [2.45, 2.75) is 18.9 Å². The van der Waals surface area contributed by atoms with E-state index in [9.17, 15) is 9.90 Å². The second-order valence-electron chi connectivity index (χ2n) is 3.72. The number of carboxylic acids is 1. The van der Waals surface area contributed by atoms with Crippen molar-refractivity contribution in [3.8, 4) is 11.5 Å². The van der Waals surface area contributed by atoms with Crippen LogP contribution >= 0.6 is 12.4 Å². The maximum atomic E-state index is 10.7. The summed E-state index contributed by atoms with van der Waals surface area (Å²) in [5.74, 6) is -1.64. The first-order valence-corrected chi connectivity index (χ1v) is 4.36. The third-order valence-electron chi connectivity index (χ3n) is 2.10. The quantitative estimate of drug-likeness (QED) is 0.533. The van der Waals surface area contributed by atoms with Gasteiger partial charge in [-0.3, -0.25) is 4.79 Å². The van der Waals surface area contributed by atoms with Gasteiger partial charge in [0.05, 0.1) is 0 Å². The van der Waals surface area contributed by atoms with Crippen LogP contribution in [0.4, 0.5) is 0 Å². The molecule has 0 aliphatic heterocycles. The maximum Gasteiger partial charge on any atom is 0.323 e. The van der Waals surface area contributed by atoms with Crippen molar-refractivity contribution in [3.05, 3.63) is 23.8 Å². The second-order valence-corrected chi connectivity index (χ2v) is 3.72. The molecule has 0 heterocycles. The monoisotopic (exact) mass is 283 g/mol. The zero-order chi connectivity index (χ0) is 11.6. The predicted molar refractivity (Wildman–Crippen MR) is 68.2 cm³/mol. The van der Waals surface area contributed by atoms with Gasteiger partial charge in [0.25, 0.3) is 0 Å². The Balaban J connectivity index is -0.000000750. The number of carbonyl (C=O) groups is 1. The van der Waals surface area contributed by atoms with Gasteiger partial charge in [0.2, 0.25) is 0 Å². The number of hydrogen-bond donors (Lipinski definition) is 4. The van der Waals surface area contributed by atoms with E-state index < -0.39 is 11.5 Å². The normalized spacial score (nSPS) is 12.1. The van der Waals surface area contributed by atoms with Crippen LogP contribution in [-0.2, 0) is 11.2 Å². The summed E-state index contributed by atoms with van der Waals surface area (Å²) in [6.45, 7) is 1.39. The Labute approximate surface area is 110 Å². The summed E-state index contributed by atoms with van der Waals surface area (Å²) in [5.41, 5.74) is 4.70. The van der Waals surface area contributed by atoms with Crippen LogP contribution in [0.25, 0.3) is 0 Å². The molecule has 0 amide bonds. The molecule has 0 saturated carbocycles. The van der Waals surface area contributed by atoms with Gasteiger partial charge in [-0.15, -0.1) is 12.4 Å². The number of rotatable bonds is 3. The molecule has 1 aromatic carbocycles. The molecule has 9 N–H and O–H groups in total. The van der Waals surface area contributed by atoms with Crippen molar-refractivity contribution < 1.29 is 31.1 Å². The Kier molecular flexibility index (Phi) is 9.32. The van der Waals surface area contributed by atoms with Gasteiger partial charge in [-0.2, -0.15) is 0 Å². The minimum atomic E-state index is -1.39. The van der Waals surface area contributed by atoms with E-state index in [-0.39, 0.29) is 41.3 Å². The summed E-state index contributed by atoms with van der Waals surface area (Å²) in [4.78, 5) is 10.7. The summed E-state index contributed by atoms with van der Waals surface area (Å²) in [7, 11) is 0. The lowest BCUT2D eigenvalue weighted by molar-refractivity contribution is -0.142. The van der Waals surface area contributed by atoms with Crippen LogP contribution in [0, 0.1) is 0 Å². The molecular formula is C10H18ClNO6. The number of phenolic OH excluding ortho intramolecular Hbond substituents is 2. The van der Waals surface area contributed by atoms with Crippen LogP contribution in [0.5, 0.6) is 11.5 Å². The minimum Gasteiger partial charge on any atom is -0.504 e. The molecular weight excluding hydrogens is 266 g/mol. The average molecular weight is 284 g/mol. The van der Waals surface area contributed by atoms with Crippen LogP contribution in [0.1, 0.15) is 12.5 Å². The Bertz CT molecular complexity index is 396. The van der Waals surface area contributed by atoms with E-state index in [0.29, 0.717) is 5.56 Å². The van der Waals surface area contributed by atoms with Crippen LogP contribution in [0.2, 0.25) is 0 Å². The molecule has 0 bridgehead atoms. The highest BCUT2D eigenvalue weighted by molar-refractivity contribution is 5.85. The van der Waals surface area contributed by atoms with E-state index >= 15 is 0 Å². The Morgan fingerprint density at radius 2 is 1.78 bits per heavy atom. The summed E-state index contributed by atoms with van der Waals surface area (Å²) < 4.78 is 0. The van der Waals surface area contributed by atoms with Crippen LogP contribution < -0.4 is 5.73 Å². The van der Waals surface area contributed by atoms with Gasteiger partial charge in [0.1, 0.15) is 5.54 Å². The first-order chi connectivity index (χ1) is 6.83. The molecule has 0 fully saturated rings. The first-order valence-electron chi connectivity index (χ1n) is 4.36. The number of aromatic hydroxyl groups is 2. The minimum absolute atomic E-state index is 0. The second kappa shape index (κ2) is 7.72. The van der Waals surface area contributed by atoms with E-state index in [0.717, 1.165) is 0 Å². The third kappa shape index (κ3) is 5.19. The third-order valence-corrected chi connectivity index (χ3v) is 2.10. The fourth-order valence-corrected chi connectivity index (χ4v) is 1.18. The van der Waals surface area contributed by atoms with Crippen LogP contribution in [-0.4, -0.2) is 37.8 Å². The average Bonchev–Trinajstić information content (AvgIpc) is 2.10. The fourth-order valence-electron chi connectivity index (χ4n) is 1.18. The van der Waals surface area contributed by atoms with Crippen molar-refractivity contribution in [2.75, 3.05) is 0 Å². The standard InChI is InChI=1S/C10H13NO4.ClH.2H2O/c1-10(11,9(14)15)5-6-2-3-7(12)8(13)4-6;;;/h2-4,12-13H,5,11H2,1H3,(H,14,15);1H;2*1H2/t10-;;;/m0.../s1. The number of benzene rings is 1. The predicted octanol–water partition coefficient (Wildman–Crippen LogP) is -0.785. The van der Waals surface area contributed by atoms with E-state index in [2.05, 4.69) is 0 Å². The van der Waals surface area contributed by atoms with Gasteiger partial charge in [0.15, 0.2) is 11.5 Å². The lowest BCUT2D eigenvalue weighted by Gasteiger charge is -2.19. The van der Waals surface area contributed by atoms with Crippen LogP contribution in [0.3, 0.4) is 0 Å². The van der Waals surface area contributed by atoms with E-state index in [1.807, 2.05) is 0 Å². The molecule has 0 aliphatic rings. The van der Waals surface area contributed by atoms with Crippen molar-refractivity contribution in [2.24, 2.45) is 5.73 Å². The number of carboxylic acid groups (broad SMARTS) is 1. The van der Waals surface area contributed by atoms with E-state index in [1.54, 1.807) is 0 Å². The zero-order valence-corrected chi connectivity index (χ0v) is 10.5. The molecule has 18 heavy (non-hydrogen) atoms. The largest absolute Gasteiger partial charge is 0.504 e. The van der Waals surface area contributed by atoms with Gasteiger partial charge in [-0.1, -0.05) is 6.07 Å². The highest BCUT2D eigenvalue weighted by Crippen LogP contribution is 2.26. The van der Waals surface area contributed by atoms with Gasteiger partial charge < -0.3 is 32.0 Å². The maximum absolute atomic E-state index is 10.7. The summed E-state index contributed by atoms with van der Waals surface area (Å²) in [6, 6.07) is 4.11. The summed E-state index contributed by atoms with van der Waals surface area (Å²) in [6.07, 6.45) is 0.0795. The van der Waals surface area contributed by atoms with Gasteiger partial charge in [-0.05, 0) is 24.6 Å². The smallest absolute Gasteiger partial charge is 0.323 e. The van der Waals surface area contributed by atoms with Gasteiger partial charge >= 0.3 is 5.97 Å². The SMILES string of the molecule is C[C@](N)(Cc1ccc(O)c(O)c1)C(=O)O.Cl.O.O. The Hall–Kier alpha value is -1.54. The van der Waals surface area contributed by atoms with E-state index in [4.69, 9.17) is 15.9 Å². The molecule has 1 rings (SSSR count). The number of halogens is 1. The number of nitrogens with two attached hydrogens (primary N) is 1. The Morgan fingerprint density at radius 1 is 1.28 bits per heavy atom. The van der Waals surface area contributed by atoms with E-state index in [1.165, 1.54) is 25.1 Å². The molecule has 106 valence electrons. The van der Waals surface area contributed by atoms with Gasteiger partial charge in [-0.25, -0.2) is 0 Å². The van der Waals surface area contributed by atoms with Gasteiger partial charge in [0, 0.05) is 6.42 Å². The first kappa shape index (κ1) is 21.7. The number of hydrogen-bond acceptors (Lipinski definition) is 4. The molecule has 0 aliphatic carbocycles. The fraction of sp³-hybridized carbons (Fsp3) is 0.300. The molecule has 8 heteroatoms. The number of aliphatic carboxylic acids is 1. The zero-order valence-electron chi connectivity index (χ0n) is 9.67. The molecule has 0 saturated heterocycles. The van der Waals surface area contributed by atoms with Crippen molar-refractivity contribution >= 4 is 18.4 Å². The lowest BCUT2D eigenvalue weighted by Crippen LogP contribution is -2.46. The highest BCUT2D eigenvalue weighted by Gasteiger charge is 2.28. The Morgan fingerprint density at radius 3 is 2.17 bits per heavy atom. The van der Waals surface area contributed by atoms with Crippen LogP contribution in [0.15, 0.2) is 18.2 Å². The summed E-state index contributed by atoms with van der Waals surface area (Å²) in [5, 5.41) is 27.0. The van der Waals surface area contributed by atoms with Crippen molar-refractivity contribution in [1.29, 1.82) is 0 Å². The number of phenols is 2. The highest BCUT2D eigenvalue weighted by atomic mass is 35.5. The molecule has 0 aromatic heterocycles. The van der Waals surface area contributed by atoms with Crippen molar-refractivity contribution in [1.82, 2.24) is 0 Å².